The Morgan fingerprint density at radius 3 is 2.86 bits per heavy atom. The highest BCUT2D eigenvalue weighted by Crippen LogP contribution is 2.23. The molecular weight excluding hydrogens is 366 g/mol. The first kappa shape index (κ1) is 11.9. The Bertz CT molecular complexity index is 368. The van der Waals surface area contributed by atoms with Crippen molar-refractivity contribution in [3.8, 4) is 0 Å². The minimum absolute atomic E-state index is 0.0283. The smallest absolute Gasteiger partial charge is 0.341 e. The van der Waals surface area contributed by atoms with Crippen LogP contribution in [0.4, 0.5) is 4.39 Å². The normalized spacial score (nSPS) is 10.0. The van der Waals surface area contributed by atoms with Crippen LogP contribution in [0.15, 0.2) is 16.6 Å². The molecule has 0 aliphatic heterocycles. The van der Waals surface area contributed by atoms with E-state index in [0.29, 0.717) is 4.47 Å². The van der Waals surface area contributed by atoms with Gasteiger partial charge >= 0.3 is 5.97 Å². The van der Waals surface area contributed by atoms with E-state index in [4.69, 9.17) is 4.74 Å². The predicted octanol–water partition coefficient (Wildman–Crippen LogP) is 3.37. The standard InChI is InChI=1S/C9H7BrFIO2/c1-2-14-9(13)5-3-8(12)6(10)4-7(5)11/h3-4H,2H2,1H3. The Kier molecular flexibility index (Phi) is 4.31. The van der Waals surface area contributed by atoms with E-state index in [1.165, 1.54) is 12.1 Å². The third-order valence-electron chi connectivity index (χ3n) is 1.51. The molecule has 76 valence electrons. The van der Waals surface area contributed by atoms with Gasteiger partial charge in [-0.1, -0.05) is 0 Å². The van der Waals surface area contributed by atoms with Crippen molar-refractivity contribution in [2.75, 3.05) is 6.61 Å². The van der Waals surface area contributed by atoms with Gasteiger partial charge in [0.15, 0.2) is 0 Å². The number of carbonyl (C=O) groups excluding carboxylic acids is 1. The molecule has 0 atom stereocenters. The monoisotopic (exact) mass is 372 g/mol. The quantitative estimate of drug-likeness (QED) is 0.452. The van der Waals surface area contributed by atoms with Crippen LogP contribution in [-0.4, -0.2) is 12.6 Å². The Hall–Kier alpha value is -0.170. The lowest BCUT2D eigenvalue weighted by Gasteiger charge is -2.04. The van der Waals surface area contributed by atoms with E-state index in [1.807, 2.05) is 22.6 Å². The van der Waals surface area contributed by atoms with Gasteiger partial charge in [-0.05, 0) is 57.6 Å². The van der Waals surface area contributed by atoms with Crippen molar-refractivity contribution < 1.29 is 13.9 Å². The van der Waals surface area contributed by atoms with E-state index in [9.17, 15) is 9.18 Å². The van der Waals surface area contributed by atoms with Crippen molar-refractivity contribution in [3.05, 3.63) is 31.6 Å². The summed E-state index contributed by atoms with van der Waals surface area (Å²) in [4.78, 5) is 11.2. The lowest BCUT2D eigenvalue weighted by atomic mass is 10.2. The molecule has 0 aliphatic rings. The zero-order chi connectivity index (χ0) is 10.7. The van der Waals surface area contributed by atoms with E-state index >= 15 is 0 Å². The minimum atomic E-state index is -0.629. The minimum Gasteiger partial charge on any atom is -0.462 e. The molecule has 2 nitrogen and oxygen atoms in total. The van der Waals surface area contributed by atoms with E-state index in [-0.39, 0.29) is 12.2 Å². The highest BCUT2D eigenvalue weighted by atomic mass is 127. The molecule has 0 aromatic heterocycles. The molecule has 1 aromatic rings. The summed E-state index contributed by atoms with van der Waals surface area (Å²) in [5.41, 5.74) is -0.0283. The zero-order valence-electron chi connectivity index (χ0n) is 7.31. The van der Waals surface area contributed by atoms with Crippen molar-refractivity contribution in [3.63, 3.8) is 0 Å². The first-order valence-corrected chi connectivity index (χ1v) is 5.75. The number of carbonyl (C=O) groups is 1. The van der Waals surface area contributed by atoms with Crippen LogP contribution in [-0.2, 0) is 4.74 Å². The lowest BCUT2D eigenvalue weighted by molar-refractivity contribution is 0.0521. The van der Waals surface area contributed by atoms with Crippen LogP contribution < -0.4 is 0 Å². The summed E-state index contributed by atoms with van der Waals surface area (Å²) in [5, 5.41) is 0. The molecule has 0 radical (unpaired) electrons. The lowest BCUT2D eigenvalue weighted by Crippen LogP contribution is -2.07. The number of benzene rings is 1. The summed E-state index contributed by atoms with van der Waals surface area (Å²) >= 11 is 5.18. The van der Waals surface area contributed by atoms with Crippen LogP contribution in [0.25, 0.3) is 0 Å². The largest absolute Gasteiger partial charge is 0.462 e. The molecule has 0 N–H and O–H groups in total. The molecule has 5 heteroatoms. The van der Waals surface area contributed by atoms with Gasteiger partial charge in [-0.25, -0.2) is 9.18 Å². The van der Waals surface area contributed by atoms with Crippen LogP contribution in [0, 0.1) is 9.39 Å². The predicted molar refractivity (Wildman–Crippen MR) is 62.8 cm³/mol. The number of rotatable bonds is 2. The Balaban J connectivity index is 3.09. The van der Waals surface area contributed by atoms with Gasteiger partial charge in [0.2, 0.25) is 0 Å². The summed E-state index contributed by atoms with van der Waals surface area (Å²) in [6.07, 6.45) is 0. The Morgan fingerprint density at radius 1 is 1.64 bits per heavy atom. The van der Waals surface area contributed by atoms with Crippen LogP contribution in [0.1, 0.15) is 17.3 Å². The zero-order valence-corrected chi connectivity index (χ0v) is 11.1. The van der Waals surface area contributed by atoms with Crippen LogP contribution >= 0.6 is 38.5 Å². The van der Waals surface area contributed by atoms with E-state index in [1.54, 1.807) is 6.92 Å². The molecule has 0 spiro atoms. The van der Waals surface area contributed by atoms with Crippen LogP contribution in [0.2, 0.25) is 0 Å². The molecule has 0 heterocycles. The van der Waals surface area contributed by atoms with Gasteiger partial charge in [0.1, 0.15) is 5.82 Å². The summed E-state index contributed by atoms with van der Waals surface area (Å²) in [6, 6.07) is 2.71. The van der Waals surface area contributed by atoms with Gasteiger partial charge < -0.3 is 4.74 Å². The van der Waals surface area contributed by atoms with Crippen molar-refractivity contribution in [1.29, 1.82) is 0 Å². The molecule has 0 saturated carbocycles. The van der Waals surface area contributed by atoms with Gasteiger partial charge in [0, 0.05) is 8.04 Å². The highest BCUT2D eigenvalue weighted by Gasteiger charge is 2.14. The maximum atomic E-state index is 13.3. The Morgan fingerprint density at radius 2 is 2.29 bits per heavy atom. The Labute approximate surface area is 103 Å². The second-order valence-electron chi connectivity index (χ2n) is 2.47. The summed E-state index contributed by atoms with van der Waals surface area (Å²) in [7, 11) is 0. The van der Waals surface area contributed by atoms with Gasteiger partial charge in [0.25, 0.3) is 0 Å². The molecular formula is C9H7BrFIO2. The number of halogens is 3. The van der Waals surface area contributed by atoms with Crippen LogP contribution in [0.5, 0.6) is 0 Å². The maximum Gasteiger partial charge on any atom is 0.341 e. The van der Waals surface area contributed by atoms with Crippen molar-refractivity contribution in [2.45, 2.75) is 6.92 Å². The van der Waals surface area contributed by atoms with Gasteiger partial charge in [-0.2, -0.15) is 0 Å². The molecule has 0 saturated heterocycles. The van der Waals surface area contributed by atoms with E-state index in [2.05, 4.69) is 15.9 Å². The van der Waals surface area contributed by atoms with Gasteiger partial charge in [0.05, 0.1) is 12.2 Å². The third-order valence-corrected chi connectivity index (χ3v) is 3.80. The molecule has 1 aromatic carbocycles. The summed E-state index contributed by atoms with van der Waals surface area (Å²) in [6.45, 7) is 1.92. The number of hydrogen-bond donors (Lipinski definition) is 0. The van der Waals surface area contributed by atoms with Gasteiger partial charge in [-0.3, -0.25) is 0 Å². The average molecular weight is 373 g/mol. The first-order chi connectivity index (χ1) is 6.56. The molecule has 0 unspecified atom stereocenters. The van der Waals surface area contributed by atoms with E-state index < -0.39 is 11.8 Å². The fraction of sp³-hybridized carbons (Fsp3) is 0.222. The molecule has 1 rings (SSSR count). The van der Waals surface area contributed by atoms with Gasteiger partial charge in [-0.15, -0.1) is 0 Å². The fourth-order valence-corrected chi connectivity index (χ4v) is 1.67. The first-order valence-electron chi connectivity index (χ1n) is 3.88. The summed E-state index contributed by atoms with van der Waals surface area (Å²) < 4.78 is 19.4. The van der Waals surface area contributed by atoms with E-state index in [0.717, 1.165) is 3.57 Å². The molecule has 0 fully saturated rings. The molecule has 0 aliphatic carbocycles. The molecule has 0 amide bonds. The third kappa shape index (κ3) is 2.66. The number of esters is 1. The average Bonchev–Trinajstić information content (AvgIpc) is 2.11. The second-order valence-corrected chi connectivity index (χ2v) is 4.48. The number of hydrogen-bond acceptors (Lipinski definition) is 2. The van der Waals surface area contributed by atoms with Crippen LogP contribution in [0.3, 0.4) is 0 Å². The van der Waals surface area contributed by atoms with Crippen molar-refractivity contribution in [2.24, 2.45) is 0 Å². The fourth-order valence-electron chi connectivity index (χ4n) is 0.888. The summed E-state index contributed by atoms with van der Waals surface area (Å²) in [5.74, 6) is -1.20. The molecule has 0 bridgehead atoms. The molecule has 14 heavy (non-hydrogen) atoms. The SMILES string of the molecule is CCOC(=O)c1cc(I)c(Br)cc1F. The second kappa shape index (κ2) is 5.06. The highest BCUT2D eigenvalue weighted by molar-refractivity contribution is 14.1. The van der Waals surface area contributed by atoms with Crippen molar-refractivity contribution in [1.82, 2.24) is 0 Å². The number of ether oxygens (including phenoxy) is 1. The topological polar surface area (TPSA) is 26.3 Å². The maximum absolute atomic E-state index is 13.3. The van der Waals surface area contributed by atoms with Crippen molar-refractivity contribution >= 4 is 44.5 Å².